The summed E-state index contributed by atoms with van der Waals surface area (Å²) >= 11 is 0. The summed E-state index contributed by atoms with van der Waals surface area (Å²) in [5.41, 5.74) is 0. The Morgan fingerprint density at radius 2 is 1.61 bits per heavy atom. The van der Waals surface area contributed by atoms with Crippen LogP contribution < -0.4 is 5.32 Å². The molecular weight excluding hydrogens is 284 g/mol. The zero-order chi connectivity index (χ0) is 16.5. The van der Waals surface area contributed by atoms with Crippen LogP contribution in [0.5, 0.6) is 0 Å². The highest BCUT2D eigenvalue weighted by molar-refractivity contribution is 5.79. The molecule has 2 aliphatic rings. The average molecular weight is 323 g/mol. The van der Waals surface area contributed by atoms with Crippen molar-refractivity contribution in [2.45, 2.75) is 90.5 Å². The molecule has 2 fully saturated rings. The highest BCUT2D eigenvalue weighted by Gasteiger charge is 2.28. The fourth-order valence-electron chi connectivity index (χ4n) is 4.21. The largest absolute Gasteiger partial charge is 0.353 e. The predicted molar refractivity (Wildman–Crippen MR) is 97.5 cm³/mol. The van der Waals surface area contributed by atoms with Gasteiger partial charge in [-0.15, -0.1) is 0 Å². The van der Waals surface area contributed by atoms with Crippen molar-refractivity contribution < 1.29 is 4.79 Å². The number of nitrogens with one attached hydrogen (secondary N) is 1. The molecule has 0 aromatic carbocycles. The Hall–Kier alpha value is -0.570. The number of nitrogens with zero attached hydrogens (tertiary/aromatic N) is 1. The highest BCUT2D eigenvalue weighted by Crippen LogP contribution is 2.32. The van der Waals surface area contributed by atoms with Crippen LogP contribution in [-0.4, -0.2) is 36.5 Å². The smallest absolute Gasteiger partial charge is 0.223 e. The molecule has 1 amide bonds. The van der Waals surface area contributed by atoms with Gasteiger partial charge in [-0.05, 0) is 57.4 Å². The van der Waals surface area contributed by atoms with E-state index in [1.165, 1.54) is 51.5 Å². The van der Waals surface area contributed by atoms with Crippen molar-refractivity contribution in [1.82, 2.24) is 10.2 Å². The van der Waals surface area contributed by atoms with Crippen molar-refractivity contribution >= 4 is 5.91 Å². The monoisotopic (exact) mass is 322 g/mol. The quantitative estimate of drug-likeness (QED) is 0.720. The van der Waals surface area contributed by atoms with Crippen LogP contribution in [0.3, 0.4) is 0 Å². The van der Waals surface area contributed by atoms with Gasteiger partial charge in [-0.25, -0.2) is 0 Å². The van der Waals surface area contributed by atoms with Gasteiger partial charge in [-0.2, -0.15) is 0 Å². The average Bonchev–Trinajstić information content (AvgIpc) is 2.59. The van der Waals surface area contributed by atoms with E-state index in [1.807, 2.05) is 0 Å². The number of hydrogen-bond acceptors (Lipinski definition) is 2. The van der Waals surface area contributed by atoms with E-state index in [-0.39, 0.29) is 0 Å². The normalized spacial score (nSPS) is 27.0. The van der Waals surface area contributed by atoms with Crippen LogP contribution in [0.15, 0.2) is 0 Å². The topological polar surface area (TPSA) is 32.3 Å². The Morgan fingerprint density at radius 3 is 2.22 bits per heavy atom. The number of unbranched alkanes of at least 4 members (excludes halogenated alkanes) is 2. The number of amides is 1. The molecule has 1 aliphatic carbocycles. The summed E-state index contributed by atoms with van der Waals surface area (Å²) in [6.45, 7) is 8.08. The molecule has 1 N–H and O–H groups in total. The minimum atomic E-state index is 0.297. The zero-order valence-corrected chi connectivity index (χ0v) is 15.5. The lowest BCUT2D eigenvalue weighted by molar-refractivity contribution is -0.127. The van der Waals surface area contributed by atoms with E-state index in [1.54, 1.807) is 0 Å². The summed E-state index contributed by atoms with van der Waals surface area (Å²) in [5.74, 6) is 1.54. The number of carbonyl (C=O) groups is 1. The Kier molecular flexibility index (Phi) is 8.43. The molecule has 23 heavy (non-hydrogen) atoms. The number of hydrogen-bond donors (Lipinski definition) is 1. The van der Waals surface area contributed by atoms with Crippen LogP contribution in [0.25, 0.3) is 0 Å². The van der Waals surface area contributed by atoms with Crippen molar-refractivity contribution in [2.75, 3.05) is 19.6 Å². The van der Waals surface area contributed by atoms with Crippen molar-refractivity contribution in [3.8, 4) is 0 Å². The van der Waals surface area contributed by atoms with E-state index in [0.29, 0.717) is 17.9 Å². The second-order valence-electron chi connectivity index (χ2n) is 7.84. The predicted octanol–water partition coefficient (Wildman–Crippen LogP) is 4.36. The third-order valence-corrected chi connectivity index (χ3v) is 5.95. The van der Waals surface area contributed by atoms with Gasteiger partial charge >= 0.3 is 0 Å². The number of carbonyl (C=O) groups excluding carboxylic acids is 1. The Balaban J connectivity index is 1.62. The summed E-state index contributed by atoms with van der Waals surface area (Å²) in [4.78, 5) is 15.1. The van der Waals surface area contributed by atoms with Gasteiger partial charge in [0.15, 0.2) is 0 Å². The molecule has 0 atom stereocenters. The SMILES string of the molecule is CCCCC1CCC(C(=O)NC2CCN(CCCC)CC2)CC1. The van der Waals surface area contributed by atoms with Gasteiger partial charge in [0.05, 0.1) is 0 Å². The number of likely N-dealkylation sites (tertiary alicyclic amines) is 1. The van der Waals surface area contributed by atoms with E-state index in [4.69, 9.17) is 0 Å². The second-order valence-corrected chi connectivity index (χ2v) is 7.84. The summed E-state index contributed by atoms with van der Waals surface area (Å²) in [5, 5.41) is 3.36. The lowest BCUT2D eigenvalue weighted by atomic mass is 9.79. The Morgan fingerprint density at radius 1 is 0.957 bits per heavy atom. The summed E-state index contributed by atoms with van der Waals surface area (Å²) < 4.78 is 0. The lowest BCUT2D eigenvalue weighted by Gasteiger charge is -2.34. The van der Waals surface area contributed by atoms with E-state index >= 15 is 0 Å². The van der Waals surface area contributed by atoms with Gasteiger partial charge < -0.3 is 10.2 Å². The zero-order valence-electron chi connectivity index (χ0n) is 15.5. The van der Waals surface area contributed by atoms with E-state index in [0.717, 1.165) is 44.7 Å². The lowest BCUT2D eigenvalue weighted by Crippen LogP contribution is -2.46. The fourth-order valence-corrected chi connectivity index (χ4v) is 4.21. The van der Waals surface area contributed by atoms with Gasteiger partial charge in [-0.1, -0.05) is 39.5 Å². The molecule has 1 saturated heterocycles. The maximum atomic E-state index is 12.5. The molecule has 1 saturated carbocycles. The molecule has 3 nitrogen and oxygen atoms in total. The van der Waals surface area contributed by atoms with Crippen LogP contribution in [0, 0.1) is 11.8 Å². The van der Waals surface area contributed by atoms with Crippen LogP contribution in [0.1, 0.15) is 84.5 Å². The van der Waals surface area contributed by atoms with Gasteiger partial charge in [0.25, 0.3) is 0 Å². The summed E-state index contributed by atoms with van der Waals surface area (Å²) in [7, 11) is 0. The molecule has 0 bridgehead atoms. The third-order valence-electron chi connectivity index (χ3n) is 5.95. The maximum Gasteiger partial charge on any atom is 0.223 e. The minimum Gasteiger partial charge on any atom is -0.353 e. The first-order valence-corrected chi connectivity index (χ1v) is 10.3. The number of piperidine rings is 1. The molecule has 2 rings (SSSR count). The number of rotatable bonds is 8. The third kappa shape index (κ3) is 6.45. The molecule has 0 radical (unpaired) electrons. The molecule has 1 aliphatic heterocycles. The maximum absolute atomic E-state index is 12.5. The van der Waals surface area contributed by atoms with Gasteiger partial charge in [0.1, 0.15) is 0 Å². The van der Waals surface area contributed by atoms with Crippen molar-refractivity contribution in [2.24, 2.45) is 11.8 Å². The summed E-state index contributed by atoms with van der Waals surface area (Å²) in [6, 6.07) is 0.429. The Labute approximate surface area is 143 Å². The molecule has 0 unspecified atom stereocenters. The second kappa shape index (κ2) is 10.3. The van der Waals surface area contributed by atoms with Crippen molar-refractivity contribution in [3.63, 3.8) is 0 Å². The highest BCUT2D eigenvalue weighted by atomic mass is 16.1. The van der Waals surface area contributed by atoms with Gasteiger partial charge in [0.2, 0.25) is 5.91 Å². The first-order valence-electron chi connectivity index (χ1n) is 10.3. The molecule has 134 valence electrons. The van der Waals surface area contributed by atoms with E-state index < -0.39 is 0 Å². The first kappa shape index (κ1) is 18.8. The van der Waals surface area contributed by atoms with Crippen molar-refractivity contribution in [3.05, 3.63) is 0 Å². The molecule has 3 heteroatoms. The Bertz CT molecular complexity index is 329. The van der Waals surface area contributed by atoms with Crippen LogP contribution in [0.4, 0.5) is 0 Å². The fraction of sp³-hybridized carbons (Fsp3) is 0.950. The van der Waals surface area contributed by atoms with Gasteiger partial charge in [-0.3, -0.25) is 4.79 Å². The first-order chi connectivity index (χ1) is 11.2. The molecule has 0 aromatic rings. The van der Waals surface area contributed by atoms with Crippen molar-refractivity contribution in [1.29, 1.82) is 0 Å². The van der Waals surface area contributed by atoms with Crippen LogP contribution >= 0.6 is 0 Å². The van der Waals surface area contributed by atoms with Crippen LogP contribution in [0.2, 0.25) is 0 Å². The molecular formula is C20H38N2O. The standard InChI is InChI=1S/C20H38N2O/c1-3-5-7-17-8-10-18(11-9-17)20(23)21-19-12-15-22(16-13-19)14-6-4-2/h17-19H,3-16H2,1-2H3,(H,21,23). The minimum absolute atomic E-state index is 0.297. The molecule has 1 heterocycles. The molecule has 0 spiro atoms. The van der Waals surface area contributed by atoms with Crippen LogP contribution in [-0.2, 0) is 4.79 Å². The van der Waals surface area contributed by atoms with E-state index in [9.17, 15) is 4.79 Å². The van der Waals surface area contributed by atoms with E-state index in [2.05, 4.69) is 24.1 Å². The molecule has 0 aromatic heterocycles. The summed E-state index contributed by atoms with van der Waals surface area (Å²) in [6.07, 6.45) is 13.7. The van der Waals surface area contributed by atoms with Gasteiger partial charge in [0, 0.05) is 25.0 Å².